The van der Waals surface area contributed by atoms with Gasteiger partial charge in [0.2, 0.25) is 0 Å². The largest absolute Gasteiger partial charge is 0.508 e. The van der Waals surface area contributed by atoms with Crippen molar-refractivity contribution in [2.24, 2.45) is 5.41 Å². The summed E-state index contributed by atoms with van der Waals surface area (Å²) in [6.45, 7) is 5.11. The number of hydrogen-bond donors (Lipinski definition) is 2. The van der Waals surface area contributed by atoms with E-state index in [4.69, 9.17) is 0 Å². The molecule has 18 heavy (non-hydrogen) atoms. The van der Waals surface area contributed by atoms with Crippen molar-refractivity contribution in [3.05, 3.63) is 29.6 Å². The SMILES string of the molecule is Oc1cc(F)cc(CN2CCC3(CCNC3)C2)c1. The summed E-state index contributed by atoms with van der Waals surface area (Å²) in [6.07, 6.45) is 2.47. The molecule has 1 spiro atoms. The van der Waals surface area contributed by atoms with E-state index >= 15 is 0 Å². The van der Waals surface area contributed by atoms with E-state index in [0.717, 1.165) is 44.4 Å². The maximum Gasteiger partial charge on any atom is 0.127 e. The Labute approximate surface area is 107 Å². The standard InChI is InChI=1S/C14H19FN2O/c15-12-5-11(6-13(18)7-12)8-17-4-2-14(10-17)1-3-16-9-14/h5-7,16,18H,1-4,8-10H2. The van der Waals surface area contributed by atoms with Crippen molar-refractivity contribution < 1.29 is 9.50 Å². The number of aromatic hydroxyl groups is 1. The lowest BCUT2D eigenvalue weighted by Crippen LogP contribution is -2.28. The average Bonchev–Trinajstić information content (AvgIpc) is 2.89. The highest BCUT2D eigenvalue weighted by atomic mass is 19.1. The molecule has 0 bridgehead atoms. The van der Waals surface area contributed by atoms with Gasteiger partial charge in [-0.2, -0.15) is 0 Å². The predicted octanol–water partition coefficient (Wildman–Crippen LogP) is 1.72. The first-order valence-corrected chi connectivity index (χ1v) is 6.57. The van der Waals surface area contributed by atoms with Crippen molar-refractivity contribution in [2.75, 3.05) is 26.2 Å². The van der Waals surface area contributed by atoms with E-state index in [1.165, 1.54) is 18.9 Å². The van der Waals surface area contributed by atoms with Crippen molar-refractivity contribution in [2.45, 2.75) is 19.4 Å². The lowest BCUT2D eigenvalue weighted by atomic mass is 9.86. The third-order valence-corrected chi connectivity index (χ3v) is 4.20. The fourth-order valence-electron chi connectivity index (χ4n) is 3.29. The van der Waals surface area contributed by atoms with Gasteiger partial charge in [-0.3, -0.25) is 4.90 Å². The minimum atomic E-state index is -0.360. The zero-order valence-corrected chi connectivity index (χ0v) is 10.5. The second-order valence-electron chi connectivity index (χ2n) is 5.71. The van der Waals surface area contributed by atoms with Gasteiger partial charge >= 0.3 is 0 Å². The van der Waals surface area contributed by atoms with Crippen molar-refractivity contribution in [3.8, 4) is 5.75 Å². The van der Waals surface area contributed by atoms with E-state index in [0.29, 0.717) is 5.41 Å². The molecule has 98 valence electrons. The van der Waals surface area contributed by atoms with Crippen LogP contribution in [0.1, 0.15) is 18.4 Å². The maximum atomic E-state index is 13.2. The Bertz CT molecular complexity index is 423. The van der Waals surface area contributed by atoms with Gasteiger partial charge < -0.3 is 10.4 Å². The molecule has 2 fully saturated rings. The van der Waals surface area contributed by atoms with E-state index in [2.05, 4.69) is 10.2 Å². The molecule has 1 atom stereocenters. The summed E-state index contributed by atoms with van der Waals surface area (Å²) in [7, 11) is 0. The molecule has 3 rings (SSSR count). The third-order valence-electron chi connectivity index (χ3n) is 4.20. The molecular formula is C14H19FN2O. The van der Waals surface area contributed by atoms with Crippen LogP contribution in [0.5, 0.6) is 5.75 Å². The Morgan fingerprint density at radius 2 is 2.22 bits per heavy atom. The van der Waals surface area contributed by atoms with Crippen molar-refractivity contribution in [3.63, 3.8) is 0 Å². The summed E-state index contributed by atoms with van der Waals surface area (Å²) in [5.74, 6) is -0.345. The van der Waals surface area contributed by atoms with Gasteiger partial charge in [0, 0.05) is 25.7 Å². The van der Waals surface area contributed by atoms with Gasteiger partial charge in [0.15, 0.2) is 0 Å². The molecule has 0 aromatic heterocycles. The van der Waals surface area contributed by atoms with Crippen LogP contribution in [0.3, 0.4) is 0 Å². The number of benzene rings is 1. The number of nitrogens with one attached hydrogen (secondary N) is 1. The normalized spacial score (nSPS) is 28.3. The van der Waals surface area contributed by atoms with Crippen molar-refractivity contribution in [1.29, 1.82) is 0 Å². The van der Waals surface area contributed by atoms with Crippen LogP contribution < -0.4 is 5.32 Å². The molecule has 1 unspecified atom stereocenters. The number of hydrogen-bond acceptors (Lipinski definition) is 3. The topological polar surface area (TPSA) is 35.5 Å². The van der Waals surface area contributed by atoms with Crippen LogP contribution in [-0.4, -0.2) is 36.2 Å². The molecule has 2 saturated heterocycles. The van der Waals surface area contributed by atoms with E-state index < -0.39 is 0 Å². The maximum absolute atomic E-state index is 13.2. The van der Waals surface area contributed by atoms with E-state index in [-0.39, 0.29) is 11.6 Å². The van der Waals surface area contributed by atoms with E-state index in [1.54, 1.807) is 6.07 Å². The highest BCUT2D eigenvalue weighted by Gasteiger charge is 2.39. The second kappa shape index (κ2) is 4.52. The van der Waals surface area contributed by atoms with Crippen molar-refractivity contribution in [1.82, 2.24) is 10.2 Å². The van der Waals surface area contributed by atoms with E-state index in [1.807, 2.05) is 0 Å². The molecule has 2 aliphatic heterocycles. The first-order chi connectivity index (χ1) is 8.65. The highest BCUT2D eigenvalue weighted by molar-refractivity contribution is 5.28. The van der Waals surface area contributed by atoms with Gasteiger partial charge in [-0.1, -0.05) is 0 Å². The Morgan fingerprint density at radius 3 is 2.94 bits per heavy atom. The summed E-state index contributed by atoms with van der Waals surface area (Å²) in [6, 6.07) is 4.31. The Morgan fingerprint density at radius 1 is 1.33 bits per heavy atom. The van der Waals surface area contributed by atoms with Crippen LogP contribution in [0.15, 0.2) is 18.2 Å². The summed E-state index contributed by atoms with van der Waals surface area (Å²) in [4.78, 5) is 2.36. The third kappa shape index (κ3) is 2.35. The Balaban J connectivity index is 1.67. The number of phenolic OH excluding ortho intramolecular Hbond substituents is 1. The van der Waals surface area contributed by atoms with Crippen LogP contribution in [0.25, 0.3) is 0 Å². The molecule has 1 aromatic carbocycles. The molecule has 2 heterocycles. The smallest absolute Gasteiger partial charge is 0.127 e. The monoisotopic (exact) mass is 250 g/mol. The highest BCUT2D eigenvalue weighted by Crippen LogP contribution is 2.36. The van der Waals surface area contributed by atoms with Crippen LogP contribution in [0.4, 0.5) is 4.39 Å². The number of phenols is 1. The van der Waals surface area contributed by atoms with Crippen molar-refractivity contribution >= 4 is 0 Å². The lowest BCUT2D eigenvalue weighted by Gasteiger charge is -2.22. The van der Waals surface area contributed by atoms with Gasteiger partial charge in [-0.15, -0.1) is 0 Å². The van der Waals surface area contributed by atoms with Crippen LogP contribution in [0, 0.1) is 11.2 Å². The molecule has 0 aliphatic carbocycles. The van der Waals surface area contributed by atoms with Gasteiger partial charge in [0.05, 0.1) is 0 Å². The lowest BCUT2D eigenvalue weighted by molar-refractivity contribution is 0.268. The fraction of sp³-hybridized carbons (Fsp3) is 0.571. The summed E-state index contributed by atoms with van der Waals surface area (Å²) in [5.41, 5.74) is 1.30. The minimum absolute atomic E-state index is 0.0152. The van der Waals surface area contributed by atoms with Gasteiger partial charge in [-0.25, -0.2) is 4.39 Å². The molecule has 4 heteroatoms. The molecule has 0 radical (unpaired) electrons. The molecule has 1 aromatic rings. The number of nitrogens with zero attached hydrogens (tertiary/aromatic N) is 1. The zero-order valence-electron chi connectivity index (χ0n) is 10.5. The zero-order chi connectivity index (χ0) is 12.6. The van der Waals surface area contributed by atoms with Crippen LogP contribution >= 0.6 is 0 Å². The van der Waals surface area contributed by atoms with Crippen LogP contribution in [-0.2, 0) is 6.54 Å². The average molecular weight is 250 g/mol. The van der Waals surface area contributed by atoms with Gasteiger partial charge in [0.1, 0.15) is 11.6 Å². The molecule has 2 N–H and O–H groups in total. The number of likely N-dealkylation sites (tertiary alicyclic amines) is 1. The summed E-state index contributed by atoms with van der Waals surface area (Å²) >= 11 is 0. The van der Waals surface area contributed by atoms with Gasteiger partial charge in [0.25, 0.3) is 0 Å². The molecular weight excluding hydrogens is 231 g/mol. The molecule has 0 saturated carbocycles. The molecule has 0 amide bonds. The first kappa shape index (κ1) is 11.9. The fourth-order valence-corrected chi connectivity index (χ4v) is 3.29. The Hall–Kier alpha value is -1.13. The minimum Gasteiger partial charge on any atom is -0.508 e. The first-order valence-electron chi connectivity index (χ1n) is 6.57. The summed E-state index contributed by atoms with van der Waals surface area (Å²) < 4.78 is 13.2. The Kier molecular flexibility index (Phi) is 2.99. The molecule has 3 nitrogen and oxygen atoms in total. The quantitative estimate of drug-likeness (QED) is 0.839. The van der Waals surface area contributed by atoms with Gasteiger partial charge in [-0.05, 0) is 49.0 Å². The predicted molar refractivity (Wildman–Crippen MR) is 67.9 cm³/mol. The second-order valence-corrected chi connectivity index (χ2v) is 5.71. The molecule has 2 aliphatic rings. The number of rotatable bonds is 2. The van der Waals surface area contributed by atoms with E-state index in [9.17, 15) is 9.50 Å². The van der Waals surface area contributed by atoms with Crippen LogP contribution in [0.2, 0.25) is 0 Å². The number of halogens is 1. The summed E-state index contributed by atoms with van der Waals surface area (Å²) in [5, 5.41) is 12.8.